The largest absolute Gasteiger partial charge is 0.452 e. The van der Waals surface area contributed by atoms with Crippen molar-refractivity contribution in [3.05, 3.63) is 32.1 Å². The molecule has 3 rings (SSSR count). The minimum atomic E-state index is -0.747. The Bertz CT molecular complexity index is 682. The van der Waals surface area contributed by atoms with Gasteiger partial charge in [0.05, 0.1) is 7.11 Å². The van der Waals surface area contributed by atoms with Crippen LogP contribution in [0.1, 0.15) is 43.2 Å². The molecule has 2 aliphatic rings. The van der Waals surface area contributed by atoms with Gasteiger partial charge < -0.3 is 9.47 Å². The van der Waals surface area contributed by atoms with E-state index in [9.17, 15) is 14.4 Å². The number of carbonyl (C=O) groups excluding carboxylic acids is 1. The predicted octanol–water partition coefficient (Wildman–Crippen LogP) is 0.812. The maximum Gasteiger partial charge on any atom is 0.422 e. The zero-order valence-electron chi connectivity index (χ0n) is 12.0. The fourth-order valence-electron chi connectivity index (χ4n) is 3.12. The number of hydrogen-bond donors (Lipinski definition) is 0. The summed E-state index contributed by atoms with van der Waals surface area (Å²) in [6.45, 7) is 0.520. The smallest absolute Gasteiger partial charge is 0.422 e. The highest BCUT2D eigenvalue weighted by Crippen LogP contribution is 2.22. The van der Waals surface area contributed by atoms with Gasteiger partial charge in [0.15, 0.2) is 0 Å². The van der Waals surface area contributed by atoms with Crippen molar-refractivity contribution in [3.8, 4) is 0 Å². The lowest BCUT2D eigenvalue weighted by Gasteiger charge is -2.25. The molecule has 1 unspecified atom stereocenters. The molecule has 7 nitrogen and oxygen atoms in total. The van der Waals surface area contributed by atoms with E-state index in [1.165, 1.54) is 7.11 Å². The number of hydrogen-bond acceptors (Lipinski definition) is 5. The Labute approximate surface area is 121 Å². The molecule has 1 fully saturated rings. The zero-order valence-corrected chi connectivity index (χ0v) is 12.0. The highest BCUT2D eigenvalue weighted by atomic mass is 16.5. The molecule has 0 radical (unpaired) electrons. The number of fused-ring (bicyclic) bond motifs is 1. The van der Waals surface area contributed by atoms with E-state index >= 15 is 0 Å². The molecule has 0 aromatic carbocycles. The minimum Gasteiger partial charge on any atom is -0.452 e. The van der Waals surface area contributed by atoms with Gasteiger partial charge in [0, 0.05) is 17.9 Å². The summed E-state index contributed by atoms with van der Waals surface area (Å²) in [5, 5.41) is 0. The van der Waals surface area contributed by atoms with E-state index in [-0.39, 0.29) is 5.56 Å². The van der Waals surface area contributed by atoms with E-state index in [0.29, 0.717) is 37.1 Å². The van der Waals surface area contributed by atoms with Crippen molar-refractivity contribution in [2.24, 2.45) is 0 Å². The summed E-state index contributed by atoms with van der Waals surface area (Å²) in [5.41, 5.74) is 0.0528. The normalized spacial score (nSPS) is 21.1. The van der Waals surface area contributed by atoms with Gasteiger partial charge in [-0.2, -0.15) is 4.57 Å². The molecule has 114 valence electrons. The molecule has 0 N–H and O–H groups in total. The van der Waals surface area contributed by atoms with Crippen molar-refractivity contribution in [2.45, 2.75) is 44.8 Å². The van der Waals surface area contributed by atoms with E-state index in [1.807, 2.05) is 0 Å². The summed E-state index contributed by atoms with van der Waals surface area (Å²) < 4.78 is 12.3. The Morgan fingerprint density at radius 1 is 1.24 bits per heavy atom. The highest BCUT2D eigenvalue weighted by Gasteiger charge is 2.30. The Morgan fingerprint density at radius 3 is 2.71 bits per heavy atom. The molecular weight excluding hydrogens is 276 g/mol. The maximum atomic E-state index is 12.6. The second-order valence-corrected chi connectivity index (χ2v) is 5.36. The van der Waals surface area contributed by atoms with Crippen molar-refractivity contribution in [1.29, 1.82) is 0 Å². The van der Waals surface area contributed by atoms with Crippen LogP contribution in [0, 0.1) is 0 Å². The number of nitrogens with zero attached hydrogens (tertiary/aromatic N) is 2. The molecular formula is C14H18N2O5. The lowest BCUT2D eigenvalue weighted by molar-refractivity contribution is -0.0375. The Kier molecular flexibility index (Phi) is 3.67. The van der Waals surface area contributed by atoms with Crippen molar-refractivity contribution in [2.75, 3.05) is 13.7 Å². The van der Waals surface area contributed by atoms with Gasteiger partial charge in [-0.15, -0.1) is 0 Å². The van der Waals surface area contributed by atoms with Crippen LogP contribution in [0.15, 0.2) is 9.59 Å². The molecule has 0 amide bonds. The number of carbonyl (C=O) groups is 1. The average Bonchev–Trinajstić information content (AvgIpc) is 2.97. The summed E-state index contributed by atoms with van der Waals surface area (Å²) in [4.78, 5) is 37.1. The van der Waals surface area contributed by atoms with Crippen molar-refractivity contribution < 1.29 is 14.3 Å². The second kappa shape index (κ2) is 5.48. The van der Waals surface area contributed by atoms with Crippen molar-refractivity contribution in [3.63, 3.8) is 0 Å². The molecule has 1 aliphatic heterocycles. The van der Waals surface area contributed by atoms with Gasteiger partial charge in [-0.25, -0.2) is 14.2 Å². The first kappa shape index (κ1) is 14.1. The van der Waals surface area contributed by atoms with Crippen LogP contribution in [0.3, 0.4) is 0 Å². The highest BCUT2D eigenvalue weighted by molar-refractivity contribution is 5.71. The van der Waals surface area contributed by atoms with Gasteiger partial charge in [0.1, 0.15) is 6.23 Å². The first-order valence-electron chi connectivity index (χ1n) is 7.24. The standard InChI is InChI=1S/C14H18N2O5/c1-20-14(19)15-10-6-4-5-9(10)12(17)16(13(15)18)11-7-2-3-8-21-11/h11H,2-8H2,1H3. The maximum absolute atomic E-state index is 12.6. The predicted molar refractivity (Wildman–Crippen MR) is 73.6 cm³/mol. The molecule has 1 aromatic rings. The van der Waals surface area contributed by atoms with E-state index in [1.54, 1.807) is 0 Å². The molecule has 1 saturated heterocycles. The molecule has 1 aliphatic carbocycles. The number of aromatic nitrogens is 2. The van der Waals surface area contributed by atoms with E-state index in [2.05, 4.69) is 0 Å². The van der Waals surface area contributed by atoms with Crippen LogP contribution in [0.25, 0.3) is 0 Å². The lowest BCUT2D eigenvalue weighted by Crippen LogP contribution is -2.47. The Hall–Kier alpha value is -1.89. The summed E-state index contributed by atoms with van der Waals surface area (Å²) in [5.74, 6) is 0. The van der Waals surface area contributed by atoms with Crippen LogP contribution < -0.4 is 11.2 Å². The summed E-state index contributed by atoms with van der Waals surface area (Å²) in [6.07, 6.45) is 2.97. The van der Waals surface area contributed by atoms with Crippen LogP contribution in [0.2, 0.25) is 0 Å². The molecule has 1 aromatic heterocycles. The van der Waals surface area contributed by atoms with Crippen molar-refractivity contribution in [1.82, 2.24) is 9.13 Å². The second-order valence-electron chi connectivity index (χ2n) is 5.36. The zero-order chi connectivity index (χ0) is 15.0. The molecule has 7 heteroatoms. The SMILES string of the molecule is COC(=O)n1c2c(c(=O)n(C3CCCCO3)c1=O)CCC2. The van der Waals surface area contributed by atoms with Gasteiger partial charge in [-0.1, -0.05) is 0 Å². The topological polar surface area (TPSA) is 79.5 Å². The first-order chi connectivity index (χ1) is 10.1. The summed E-state index contributed by atoms with van der Waals surface area (Å²) in [6, 6.07) is 0. The Balaban J connectivity index is 2.23. The van der Waals surface area contributed by atoms with Gasteiger partial charge in [-0.3, -0.25) is 4.79 Å². The van der Waals surface area contributed by atoms with Crippen LogP contribution in [0.4, 0.5) is 4.79 Å². The Morgan fingerprint density at radius 2 is 2.05 bits per heavy atom. The first-order valence-corrected chi connectivity index (χ1v) is 7.24. The number of methoxy groups -OCH3 is 1. The molecule has 0 spiro atoms. The van der Waals surface area contributed by atoms with Crippen LogP contribution in [-0.2, 0) is 22.3 Å². The van der Waals surface area contributed by atoms with Crippen LogP contribution in [0.5, 0.6) is 0 Å². The van der Waals surface area contributed by atoms with Crippen LogP contribution >= 0.6 is 0 Å². The van der Waals surface area contributed by atoms with E-state index in [4.69, 9.17) is 9.47 Å². The monoisotopic (exact) mass is 294 g/mol. The average molecular weight is 294 g/mol. The quantitative estimate of drug-likeness (QED) is 0.766. The van der Waals surface area contributed by atoms with E-state index in [0.717, 1.165) is 28.4 Å². The summed E-state index contributed by atoms with van der Waals surface area (Å²) >= 11 is 0. The van der Waals surface area contributed by atoms with Gasteiger partial charge >= 0.3 is 11.8 Å². The third-order valence-corrected chi connectivity index (χ3v) is 4.13. The van der Waals surface area contributed by atoms with Gasteiger partial charge in [0.25, 0.3) is 5.56 Å². The molecule has 1 atom stereocenters. The third-order valence-electron chi connectivity index (χ3n) is 4.13. The number of rotatable bonds is 1. The molecule has 21 heavy (non-hydrogen) atoms. The molecule has 2 heterocycles. The summed E-state index contributed by atoms with van der Waals surface area (Å²) in [7, 11) is 1.22. The fourth-order valence-corrected chi connectivity index (χ4v) is 3.12. The third kappa shape index (κ3) is 2.21. The minimum absolute atomic E-state index is 0.320. The fraction of sp³-hybridized carbons (Fsp3) is 0.643. The van der Waals surface area contributed by atoms with Crippen LogP contribution in [-0.4, -0.2) is 28.9 Å². The van der Waals surface area contributed by atoms with Crippen molar-refractivity contribution >= 4 is 6.09 Å². The van der Waals surface area contributed by atoms with E-state index < -0.39 is 18.0 Å². The van der Waals surface area contributed by atoms with Gasteiger partial charge in [0.2, 0.25) is 0 Å². The molecule has 0 bridgehead atoms. The van der Waals surface area contributed by atoms with Gasteiger partial charge in [-0.05, 0) is 38.5 Å². The molecule has 0 saturated carbocycles. The number of ether oxygens (including phenoxy) is 2. The lowest BCUT2D eigenvalue weighted by atomic mass is 10.2.